The van der Waals surface area contributed by atoms with Crippen LogP contribution < -0.4 is 14.9 Å². The van der Waals surface area contributed by atoms with Gasteiger partial charge in [0.25, 0.3) is 0 Å². The maximum absolute atomic E-state index is 12.0. The van der Waals surface area contributed by atoms with E-state index in [0.717, 1.165) is 17.5 Å². The summed E-state index contributed by atoms with van der Waals surface area (Å²) in [7, 11) is 0.609. The van der Waals surface area contributed by atoms with Crippen molar-refractivity contribution in [2.45, 2.75) is 0 Å². The molecule has 0 spiro atoms. The van der Waals surface area contributed by atoms with Crippen LogP contribution in [0.4, 0.5) is 17.1 Å². The summed E-state index contributed by atoms with van der Waals surface area (Å²) in [6.07, 6.45) is 4.18. The molecule has 25 heavy (non-hydrogen) atoms. The van der Waals surface area contributed by atoms with Gasteiger partial charge in [0.1, 0.15) is 0 Å². The highest BCUT2D eigenvalue weighted by molar-refractivity contribution is 7.92. The molecule has 0 radical (unpaired) electrons. The summed E-state index contributed by atoms with van der Waals surface area (Å²) >= 11 is 0. The van der Waals surface area contributed by atoms with Gasteiger partial charge in [0.2, 0.25) is 15.9 Å². The van der Waals surface area contributed by atoms with Gasteiger partial charge in [-0.25, -0.2) is 8.42 Å². The van der Waals surface area contributed by atoms with Crippen molar-refractivity contribution < 1.29 is 13.2 Å². The molecule has 7 heteroatoms. The number of nitrogens with one attached hydrogen (secondary N) is 2. The Hall–Kier alpha value is -2.80. The molecular formula is C18H21N3O3S. The first-order valence-corrected chi connectivity index (χ1v) is 9.46. The van der Waals surface area contributed by atoms with Crippen molar-refractivity contribution in [3.05, 3.63) is 60.2 Å². The number of benzene rings is 2. The summed E-state index contributed by atoms with van der Waals surface area (Å²) in [4.78, 5) is 13.9. The molecule has 2 aromatic rings. The number of hydrogen-bond donors (Lipinski definition) is 2. The zero-order valence-electron chi connectivity index (χ0n) is 14.4. The maximum atomic E-state index is 12.0. The first-order valence-electron chi connectivity index (χ1n) is 7.57. The van der Waals surface area contributed by atoms with E-state index in [-0.39, 0.29) is 5.91 Å². The number of nitrogens with zero attached hydrogens (tertiary/aromatic N) is 1. The second-order valence-corrected chi connectivity index (χ2v) is 7.51. The van der Waals surface area contributed by atoms with Crippen LogP contribution >= 0.6 is 0 Å². The molecule has 0 atom stereocenters. The number of carbonyl (C=O) groups is 1. The summed E-state index contributed by atoms with van der Waals surface area (Å²) in [6.45, 7) is 0. The molecule has 0 unspecified atom stereocenters. The van der Waals surface area contributed by atoms with Crippen LogP contribution in [0, 0.1) is 0 Å². The highest BCUT2D eigenvalue weighted by atomic mass is 32.2. The number of hydrogen-bond acceptors (Lipinski definition) is 4. The van der Waals surface area contributed by atoms with Gasteiger partial charge >= 0.3 is 0 Å². The van der Waals surface area contributed by atoms with Crippen LogP contribution in [0.25, 0.3) is 6.08 Å². The minimum Gasteiger partial charge on any atom is -0.378 e. The lowest BCUT2D eigenvalue weighted by atomic mass is 10.2. The third-order valence-corrected chi connectivity index (χ3v) is 3.90. The molecule has 132 valence electrons. The summed E-state index contributed by atoms with van der Waals surface area (Å²) in [6, 6.07) is 14.3. The average molecular weight is 359 g/mol. The van der Waals surface area contributed by atoms with Gasteiger partial charge in [0.15, 0.2) is 0 Å². The van der Waals surface area contributed by atoms with E-state index >= 15 is 0 Å². The van der Waals surface area contributed by atoms with Crippen molar-refractivity contribution in [3.8, 4) is 0 Å². The SMILES string of the molecule is CN(C)c1ccc(NC(=O)C=Cc2ccc(NS(C)(=O)=O)cc2)cc1. The Bertz CT molecular complexity index is 855. The quantitative estimate of drug-likeness (QED) is 0.778. The van der Waals surface area contributed by atoms with E-state index in [2.05, 4.69) is 10.0 Å². The Labute approximate surface area is 148 Å². The first kappa shape index (κ1) is 18.5. The van der Waals surface area contributed by atoms with Gasteiger partial charge in [-0.15, -0.1) is 0 Å². The number of rotatable bonds is 6. The Balaban J connectivity index is 1.95. The van der Waals surface area contributed by atoms with E-state index in [1.165, 1.54) is 6.08 Å². The lowest BCUT2D eigenvalue weighted by molar-refractivity contribution is -0.111. The minimum atomic E-state index is -3.29. The zero-order valence-corrected chi connectivity index (χ0v) is 15.2. The van der Waals surface area contributed by atoms with Crippen LogP contribution in [-0.4, -0.2) is 34.7 Å². The topological polar surface area (TPSA) is 78.5 Å². The molecule has 6 nitrogen and oxygen atoms in total. The van der Waals surface area contributed by atoms with Crippen LogP contribution in [0.3, 0.4) is 0 Å². The Morgan fingerprint density at radius 1 is 0.960 bits per heavy atom. The van der Waals surface area contributed by atoms with Gasteiger partial charge in [-0.3, -0.25) is 9.52 Å². The second kappa shape index (κ2) is 7.85. The number of sulfonamides is 1. The summed E-state index contributed by atoms with van der Waals surface area (Å²) < 4.78 is 24.7. The molecule has 0 aliphatic rings. The van der Waals surface area contributed by atoms with Crippen LogP contribution in [0.15, 0.2) is 54.6 Å². The molecule has 0 aliphatic carbocycles. The Morgan fingerprint density at radius 3 is 2.04 bits per heavy atom. The van der Waals surface area contributed by atoms with Gasteiger partial charge < -0.3 is 10.2 Å². The molecule has 1 amide bonds. The average Bonchev–Trinajstić information content (AvgIpc) is 2.53. The summed E-state index contributed by atoms with van der Waals surface area (Å²) in [5.74, 6) is -0.240. The highest BCUT2D eigenvalue weighted by Gasteiger charge is 2.02. The van der Waals surface area contributed by atoms with Crippen molar-refractivity contribution >= 4 is 39.1 Å². The Morgan fingerprint density at radius 2 is 1.52 bits per heavy atom. The molecule has 0 aliphatic heterocycles. The van der Waals surface area contributed by atoms with Crippen molar-refractivity contribution in [2.24, 2.45) is 0 Å². The van der Waals surface area contributed by atoms with Crippen molar-refractivity contribution in [1.29, 1.82) is 0 Å². The molecular weight excluding hydrogens is 338 g/mol. The molecule has 0 fully saturated rings. The fraction of sp³-hybridized carbons (Fsp3) is 0.167. The fourth-order valence-corrected chi connectivity index (χ4v) is 2.64. The van der Waals surface area contributed by atoms with Gasteiger partial charge in [-0.05, 0) is 48.0 Å². The predicted octanol–water partition coefficient (Wildman–Crippen LogP) is 2.78. The van der Waals surface area contributed by atoms with Crippen LogP contribution in [0.2, 0.25) is 0 Å². The largest absolute Gasteiger partial charge is 0.378 e. The van der Waals surface area contributed by atoms with Gasteiger partial charge in [-0.2, -0.15) is 0 Å². The van der Waals surface area contributed by atoms with E-state index in [0.29, 0.717) is 11.4 Å². The number of amides is 1. The number of carbonyl (C=O) groups excluding carboxylic acids is 1. The number of anilines is 3. The van der Waals surface area contributed by atoms with Crippen LogP contribution in [-0.2, 0) is 14.8 Å². The minimum absolute atomic E-state index is 0.240. The molecule has 0 saturated heterocycles. The lowest BCUT2D eigenvalue weighted by Crippen LogP contribution is -2.10. The van der Waals surface area contributed by atoms with E-state index in [1.807, 2.05) is 43.3 Å². The molecule has 2 rings (SSSR count). The van der Waals surface area contributed by atoms with E-state index in [9.17, 15) is 13.2 Å². The molecule has 0 saturated carbocycles. The standard InChI is InChI=1S/C18H21N3O3S/c1-21(2)17-11-9-15(10-12-17)19-18(22)13-6-14-4-7-16(8-5-14)20-25(3,23)24/h4-13,20H,1-3H3,(H,19,22). The van der Waals surface area contributed by atoms with Gasteiger partial charge in [0.05, 0.1) is 6.26 Å². The van der Waals surface area contributed by atoms with E-state index in [4.69, 9.17) is 0 Å². The molecule has 2 aromatic carbocycles. The van der Waals surface area contributed by atoms with E-state index < -0.39 is 10.0 Å². The smallest absolute Gasteiger partial charge is 0.248 e. The van der Waals surface area contributed by atoms with Crippen LogP contribution in [0.1, 0.15) is 5.56 Å². The molecule has 2 N–H and O–H groups in total. The van der Waals surface area contributed by atoms with Crippen molar-refractivity contribution in [3.63, 3.8) is 0 Å². The lowest BCUT2D eigenvalue weighted by Gasteiger charge is -2.12. The van der Waals surface area contributed by atoms with Crippen LogP contribution in [0.5, 0.6) is 0 Å². The second-order valence-electron chi connectivity index (χ2n) is 5.76. The molecule has 0 bridgehead atoms. The zero-order chi connectivity index (χ0) is 18.4. The van der Waals surface area contributed by atoms with Gasteiger partial charge in [-0.1, -0.05) is 12.1 Å². The highest BCUT2D eigenvalue weighted by Crippen LogP contribution is 2.16. The molecule has 0 heterocycles. The third kappa shape index (κ3) is 6.31. The normalized spacial score (nSPS) is 11.3. The summed E-state index contributed by atoms with van der Waals surface area (Å²) in [5.41, 5.74) is 3.03. The fourth-order valence-electron chi connectivity index (χ4n) is 2.08. The first-order chi connectivity index (χ1) is 11.7. The Kier molecular flexibility index (Phi) is 5.82. The van der Waals surface area contributed by atoms with Crippen molar-refractivity contribution in [1.82, 2.24) is 0 Å². The van der Waals surface area contributed by atoms with E-state index in [1.54, 1.807) is 30.3 Å². The van der Waals surface area contributed by atoms with Crippen molar-refractivity contribution in [2.75, 3.05) is 35.3 Å². The van der Waals surface area contributed by atoms with Gasteiger partial charge in [0, 0.05) is 37.2 Å². The third-order valence-electron chi connectivity index (χ3n) is 3.29. The summed E-state index contributed by atoms with van der Waals surface area (Å²) in [5, 5.41) is 2.78. The maximum Gasteiger partial charge on any atom is 0.248 e. The monoisotopic (exact) mass is 359 g/mol. The molecule has 0 aromatic heterocycles. The predicted molar refractivity (Wildman–Crippen MR) is 103 cm³/mol.